The van der Waals surface area contributed by atoms with Crippen LogP contribution in [-0.4, -0.2) is 35.2 Å². The van der Waals surface area contributed by atoms with E-state index in [2.05, 4.69) is 5.43 Å². The summed E-state index contributed by atoms with van der Waals surface area (Å²) in [5.41, 5.74) is 22.1. The predicted octanol–water partition coefficient (Wildman–Crippen LogP) is 3.74. The van der Waals surface area contributed by atoms with Crippen molar-refractivity contribution in [1.82, 2.24) is 5.43 Å². The highest BCUT2D eigenvalue weighted by Gasteiger charge is 2.65. The summed E-state index contributed by atoms with van der Waals surface area (Å²) >= 11 is 0. The molecule has 4 unspecified atom stereocenters. The van der Waals surface area contributed by atoms with Gasteiger partial charge in [0.05, 0.1) is 5.69 Å². The van der Waals surface area contributed by atoms with Gasteiger partial charge in [-0.15, -0.1) is 0 Å². The molecule has 2 aromatic carbocycles. The van der Waals surface area contributed by atoms with Crippen LogP contribution in [0.15, 0.2) is 84.1 Å². The molecule has 1 saturated carbocycles. The van der Waals surface area contributed by atoms with E-state index in [4.69, 9.17) is 22.9 Å². The number of carbonyl (C=O) groups excluding carboxylic acids is 2. The standard InChI is InChI=1S/C31H34F4N6O2/c32-26-21(12-13-24(19-6-7-19)20-8-10-22(11-9-20)27(37)42)4-2-14-29(26,39)30(28(38)43)16-25(31(33,34)35)40-41(30)23-5-1-3-18(15-23)17-36/h1-5,8-11,14-16,19,24,26,40H,6-7,12-13,17,36,39H2,(H2,37,42)(H2,38,43). The second-order valence-electron chi connectivity index (χ2n) is 11.4. The second-order valence-corrected chi connectivity index (χ2v) is 11.4. The Morgan fingerprint density at radius 1 is 1.09 bits per heavy atom. The van der Waals surface area contributed by atoms with Crippen LogP contribution in [0.1, 0.15) is 53.1 Å². The lowest BCUT2D eigenvalue weighted by atomic mass is 9.68. The Balaban J connectivity index is 1.49. The van der Waals surface area contributed by atoms with Gasteiger partial charge in [0, 0.05) is 12.1 Å². The van der Waals surface area contributed by atoms with Gasteiger partial charge in [0.25, 0.3) is 5.91 Å². The first-order valence-electron chi connectivity index (χ1n) is 14.0. The molecule has 9 N–H and O–H groups in total. The minimum absolute atomic E-state index is 0.0542. The molecule has 228 valence electrons. The molecule has 0 bridgehead atoms. The average molecular weight is 599 g/mol. The first kappa shape index (κ1) is 30.3. The van der Waals surface area contributed by atoms with Crippen LogP contribution >= 0.6 is 0 Å². The lowest BCUT2D eigenvalue weighted by Gasteiger charge is -2.49. The molecular formula is C31H34F4N6O2. The van der Waals surface area contributed by atoms with Gasteiger partial charge < -0.3 is 22.9 Å². The number of amides is 2. The molecule has 12 heteroatoms. The Hall–Kier alpha value is -4.16. The molecule has 0 saturated heterocycles. The summed E-state index contributed by atoms with van der Waals surface area (Å²) in [4.78, 5) is 24.8. The largest absolute Gasteiger partial charge is 0.432 e. The first-order valence-corrected chi connectivity index (χ1v) is 14.0. The Bertz CT molecular complexity index is 1500. The van der Waals surface area contributed by atoms with Crippen molar-refractivity contribution < 1.29 is 27.2 Å². The van der Waals surface area contributed by atoms with Crippen molar-refractivity contribution in [3.63, 3.8) is 0 Å². The smallest absolute Gasteiger partial charge is 0.367 e. The van der Waals surface area contributed by atoms with Gasteiger partial charge in [0.1, 0.15) is 17.4 Å². The van der Waals surface area contributed by atoms with E-state index < -0.39 is 40.9 Å². The Morgan fingerprint density at radius 2 is 1.79 bits per heavy atom. The van der Waals surface area contributed by atoms with Crippen LogP contribution in [0, 0.1) is 5.92 Å². The summed E-state index contributed by atoms with van der Waals surface area (Å²) in [5, 5.41) is 0.893. The molecule has 1 heterocycles. The molecule has 4 atom stereocenters. The maximum atomic E-state index is 16.7. The normalized spacial score (nSPS) is 26.0. The van der Waals surface area contributed by atoms with Crippen LogP contribution < -0.4 is 33.4 Å². The fourth-order valence-corrected chi connectivity index (χ4v) is 6.19. The number of primary amides is 2. The van der Waals surface area contributed by atoms with E-state index >= 15 is 4.39 Å². The number of anilines is 1. The molecule has 0 spiro atoms. The number of nitrogens with one attached hydrogen (secondary N) is 1. The number of halogens is 4. The molecule has 0 aromatic heterocycles. The zero-order valence-electron chi connectivity index (χ0n) is 23.3. The number of alkyl halides is 4. The summed E-state index contributed by atoms with van der Waals surface area (Å²) in [6.45, 7) is 0.0739. The number of hydrazine groups is 1. The van der Waals surface area contributed by atoms with Crippen LogP contribution in [0.5, 0.6) is 0 Å². The topological polar surface area (TPSA) is 153 Å². The Kier molecular flexibility index (Phi) is 7.86. The van der Waals surface area contributed by atoms with Crippen molar-refractivity contribution in [2.75, 3.05) is 5.01 Å². The van der Waals surface area contributed by atoms with E-state index in [0.29, 0.717) is 29.5 Å². The lowest BCUT2D eigenvalue weighted by Crippen LogP contribution is -2.76. The molecule has 8 nitrogen and oxygen atoms in total. The van der Waals surface area contributed by atoms with Crippen molar-refractivity contribution >= 4 is 17.5 Å². The third-order valence-electron chi connectivity index (χ3n) is 8.67. The molecular weight excluding hydrogens is 564 g/mol. The van der Waals surface area contributed by atoms with Crippen molar-refractivity contribution in [2.24, 2.45) is 28.9 Å². The zero-order valence-corrected chi connectivity index (χ0v) is 23.3. The molecule has 0 radical (unpaired) electrons. The van der Waals surface area contributed by atoms with E-state index in [-0.39, 0.29) is 30.1 Å². The van der Waals surface area contributed by atoms with E-state index in [1.807, 2.05) is 12.1 Å². The van der Waals surface area contributed by atoms with Gasteiger partial charge in [0.15, 0.2) is 5.54 Å². The van der Waals surface area contributed by atoms with Crippen molar-refractivity contribution in [1.29, 1.82) is 0 Å². The van der Waals surface area contributed by atoms with Crippen LogP contribution in [-0.2, 0) is 11.3 Å². The number of benzene rings is 2. The molecule has 3 aliphatic rings. The van der Waals surface area contributed by atoms with Crippen LogP contribution in [0.4, 0.5) is 23.2 Å². The predicted molar refractivity (Wildman–Crippen MR) is 155 cm³/mol. The highest BCUT2D eigenvalue weighted by atomic mass is 19.4. The quantitative estimate of drug-likeness (QED) is 0.263. The maximum absolute atomic E-state index is 16.7. The highest BCUT2D eigenvalue weighted by molar-refractivity contribution is 5.95. The first-order chi connectivity index (χ1) is 20.3. The molecule has 1 fully saturated rings. The van der Waals surface area contributed by atoms with Gasteiger partial charge in [-0.05, 0) is 84.6 Å². The SMILES string of the molecule is NCc1cccc(N2NC(C(F)(F)F)=CC2(C(N)=O)C2(N)C=CC=C(CCC(c3ccc(C(N)=O)cc3)C3CC3)C2F)c1. The summed E-state index contributed by atoms with van der Waals surface area (Å²) in [6.07, 6.45) is 0.544. The summed E-state index contributed by atoms with van der Waals surface area (Å²) in [5.74, 6) is -1.37. The fourth-order valence-electron chi connectivity index (χ4n) is 6.19. The number of hydrogen-bond acceptors (Lipinski definition) is 6. The summed E-state index contributed by atoms with van der Waals surface area (Å²) in [6, 6.07) is 13.1. The number of allylic oxidation sites excluding steroid dienone is 3. The van der Waals surface area contributed by atoms with Gasteiger partial charge in [-0.2, -0.15) is 13.2 Å². The third kappa shape index (κ3) is 5.40. The van der Waals surface area contributed by atoms with Crippen LogP contribution in [0.25, 0.3) is 0 Å². The Morgan fingerprint density at radius 3 is 2.37 bits per heavy atom. The maximum Gasteiger partial charge on any atom is 0.432 e. The molecule has 2 aliphatic carbocycles. The monoisotopic (exact) mass is 598 g/mol. The van der Waals surface area contributed by atoms with Crippen LogP contribution in [0.2, 0.25) is 0 Å². The van der Waals surface area contributed by atoms with E-state index in [1.54, 1.807) is 30.3 Å². The third-order valence-corrected chi connectivity index (χ3v) is 8.67. The van der Waals surface area contributed by atoms with E-state index in [9.17, 15) is 22.8 Å². The molecule has 43 heavy (non-hydrogen) atoms. The minimum Gasteiger partial charge on any atom is -0.367 e. The van der Waals surface area contributed by atoms with Gasteiger partial charge in [-0.3, -0.25) is 20.0 Å². The van der Waals surface area contributed by atoms with Crippen LogP contribution in [0.3, 0.4) is 0 Å². The number of nitrogens with two attached hydrogens (primary N) is 4. The molecule has 2 amide bonds. The lowest BCUT2D eigenvalue weighted by molar-refractivity contribution is -0.123. The van der Waals surface area contributed by atoms with Gasteiger partial charge >= 0.3 is 6.18 Å². The number of carbonyl (C=O) groups is 2. The number of hydrogen-bond donors (Lipinski definition) is 5. The Labute approximate surface area is 246 Å². The summed E-state index contributed by atoms with van der Waals surface area (Å²) in [7, 11) is 0. The average Bonchev–Trinajstić information content (AvgIpc) is 3.71. The highest BCUT2D eigenvalue weighted by Crippen LogP contribution is 2.49. The van der Waals surface area contributed by atoms with E-state index in [0.717, 1.165) is 23.4 Å². The molecule has 2 aromatic rings. The number of nitrogens with zero attached hydrogens (tertiary/aromatic N) is 1. The van der Waals surface area contributed by atoms with Crippen molar-refractivity contribution in [2.45, 2.75) is 61.6 Å². The summed E-state index contributed by atoms with van der Waals surface area (Å²) < 4.78 is 58.9. The van der Waals surface area contributed by atoms with Gasteiger partial charge in [-0.25, -0.2) is 4.39 Å². The fraction of sp³-hybridized carbons (Fsp3) is 0.355. The molecule has 5 rings (SSSR count). The minimum atomic E-state index is -4.91. The zero-order chi connectivity index (χ0) is 31.2. The van der Waals surface area contributed by atoms with E-state index in [1.165, 1.54) is 24.3 Å². The second kappa shape index (κ2) is 11.2. The van der Waals surface area contributed by atoms with Crippen molar-refractivity contribution in [3.8, 4) is 0 Å². The van der Waals surface area contributed by atoms with Gasteiger partial charge in [0.2, 0.25) is 5.91 Å². The molecule has 1 aliphatic heterocycles. The number of rotatable bonds is 10. The van der Waals surface area contributed by atoms with Crippen molar-refractivity contribution in [3.05, 3.63) is 101 Å². The van der Waals surface area contributed by atoms with Gasteiger partial charge in [-0.1, -0.05) is 42.5 Å².